The number of allylic oxidation sites excluding steroid dienone is 2. The summed E-state index contributed by atoms with van der Waals surface area (Å²) in [6, 6.07) is 9.88. The van der Waals surface area contributed by atoms with Gasteiger partial charge in [-0.05, 0) is 39.5 Å². The largest absolute Gasteiger partial charge is 0.349 e. The first-order chi connectivity index (χ1) is 12.1. The van der Waals surface area contributed by atoms with E-state index in [1.165, 1.54) is 0 Å². The van der Waals surface area contributed by atoms with Gasteiger partial charge >= 0.3 is 0 Å². The van der Waals surface area contributed by atoms with Crippen molar-refractivity contribution in [3.05, 3.63) is 54.4 Å². The lowest BCUT2D eigenvalue weighted by molar-refractivity contribution is 0.807. The van der Waals surface area contributed by atoms with Crippen molar-refractivity contribution in [2.45, 2.75) is 32.2 Å². The number of hydrogen-bond donors (Lipinski definition) is 2. The summed E-state index contributed by atoms with van der Waals surface area (Å²) >= 11 is 0. The number of nitrogens with one attached hydrogen (secondary N) is 2. The first-order valence-electron chi connectivity index (χ1n) is 8.27. The van der Waals surface area contributed by atoms with Crippen molar-refractivity contribution in [3.63, 3.8) is 0 Å². The second-order valence-electron chi connectivity index (χ2n) is 6.23. The molecule has 1 aliphatic carbocycles. The summed E-state index contributed by atoms with van der Waals surface area (Å²) in [4.78, 5) is 17.4. The zero-order valence-electron chi connectivity index (χ0n) is 14.5. The molecular formula is C19H22N6. The molecule has 0 radical (unpaired) electrons. The van der Waals surface area contributed by atoms with Gasteiger partial charge in [-0.25, -0.2) is 0 Å². The SMILES string of the molecule is C=N/C=C\C(=C/C)Nc1nc(NC2(C)CC2)nc(-c2ccccc2)n1. The normalized spacial score (nSPS) is 15.8. The summed E-state index contributed by atoms with van der Waals surface area (Å²) in [6.07, 6.45) is 7.59. The molecule has 6 nitrogen and oxygen atoms in total. The van der Waals surface area contributed by atoms with Crippen LogP contribution in [0.15, 0.2) is 59.4 Å². The van der Waals surface area contributed by atoms with E-state index in [4.69, 9.17) is 0 Å². The van der Waals surface area contributed by atoms with E-state index in [2.05, 4.69) is 44.2 Å². The molecule has 25 heavy (non-hydrogen) atoms. The molecule has 3 rings (SSSR count). The lowest BCUT2D eigenvalue weighted by atomic mass is 10.2. The number of hydrogen-bond acceptors (Lipinski definition) is 6. The number of anilines is 2. The van der Waals surface area contributed by atoms with Gasteiger partial charge in [0.1, 0.15) is 0 Å². The standard InChI is InChI=1S/C19H22N6/c1-4-15(10-13-20-3)21-17-22-16(14-8-6-5-7-9-14)23-18(24-17)25-19(2)11-12-19/h4-10,13H,3,11-12H2,1-2H3,(H2,21,22,23,24,25)/b13-10-,15-4+. The van der Waals surface area contributed by atoms with Gasteiger partial charge < -0.3 is 10.6 Å². The highest BCUT2D eigenvalue weighted by Crippen LogP contribution is 2.37. The second kappa shape index (κ2) is 7.25. The molecule has 0 unspecified atom stereocenters. The lowest BCUT2D eigenvalue weighted by Gasteiger charge is -2.14. The highest BCUT2D eigenvalue weighted by atomic mass is 15.2. The van der Waals surface area contributed by atoms with Crippen molar-refractivity contribution in [2.75, 3.05) is 10.6 Å². The van der Waals surface area contributed by atoms with Crippen LogP contribution in [-0.4, -0.2) is 27.2 Å². The topological polar surface area (TPSA) is 75.1 Å². The van der Waals surface area contributed by atoms with Gasteiger partial charge in [-0.3, -0.25) is 4.99 Å². The van der Waals surface area contributed by atoms with Crippen molar-refractivity contribution in [1.29, 1.82) is 0 Å². The van der Waals surface area contributed by atoms with Crippen LogP contribution in [0.2, 0.25) is 0 Å². The Morgan fingerprint density at radius 2 is 1.88 bits per heavy atom. The maximum Gasteiger partial charge on any atom is 0.232 e. The molecule has 0 saturated heterocycles. The van der Waals surface area contributed by atoms with E-state index >= 15 is 0 Å². The third kappa shape index (κ3) is 4.50. The van der Waals surface area contributed by atoms with E-state index in [1.54, 1.807) is 6.20 Å². The molecule has 6 heteroatoms. The monoisotopic (exact) mass is 334 g/mol. The maximum atomic E-state index is 4.58. The van der Waals surface area contributed by atoms with Gasteiger partial charge in [-0.15, -0.1) is 0 Å². The van der Waals surface area contributed by atoms with E-state index in [-0.39, 0.29) is 5.54 Å². The number of benzene rings is 1. The molecule has 2 aromatic rings. The molecule has 1 aromatic carbocycles. The Balaban J connectivity index is 1.94. The second-order valence-corrected chi connectivity index (χ2v) is 6.23. The molecule has 1 aliphatic rings. The van der Waals surface area contributed by atoms with Gasteiger partial charge in [0.2, 0.25) is 11.9 Å². The highest BCUT2D eigenvalue weighted by molar-refractivity contribution is 5.59. The third-order valence-electron chi connectivity index (χ3n) is 4.01. The molecular weight excluding hydrogens is 312 g/mol. The molecule has 2 N–H and O–H groups in total. The smallest absolute Gasteiger partial charge is 0.232 e. The van der Waals surface area contributed by atoms with Gasteiger partial charge in [0.25, 0.3) is 0 Å². The van der Waals surface area contributed by atoms with E-state index < -0.39 is 0 Å². The van der Waals surface area contributed by atoms with Crippen molar-refractivity contribution >= 4 is 18.6 Å². The Morgan fingerprint density at radius 1 is 1.16 bits per heavy atom. The Morgan fingerprint density at radius 3 is 2.52 bits per heavy atom. The molecule has 0 bridgehead atoms. The molecule has 0 aliphatic heterocycles. The maximum absolute atomic E-state index is 4.58. The van der Waals surface area contributed by atoms with E-state index in [9.17, 15) is 0 Å². The average molecular weight is 334 g/mol. The molecule has 0 atom stereocenters. The lowest BCUT2D eigenvalue weighted by Crippen LogP contribution is -2.19. The summed E-state index contributed by atoms with van der Waals surface area (Å²) in [6.45, 7) is 7.54. The first-order valence-corrected chi connectivity index (χ1v) is 8.27. The minimum absolute atomic E-state index is 0.0860. The minimum atomic E-state index is 0.0860. The van der Waals surface area contributed by atoms with Gasteiger partial charge in [-0.1, -0.05) is 36.4 Å². The van der Waals surface area contributed by atoms with Crippen LogP contribution < -0.4 is 10.6 Å². The number of rotatable bonds is 7. The van der Waals surface area contributed by atoms with E-state index in [0.717, 1.165) is 24.1 Å². The van der Waals surface area contributed by atoms with Crippen LogP contribution in [0, 0.1) is 0 Å². The van der Waals surface area contributed by atoms with Crippen molar-refractivity contribution in [3.8, 4) is 11.4 Å². The van der Waals surface area contributed by atoms with Crippen LogP contribution in [0.25, 0.3) is 11.4 Å². The van der Waals surface area contributed by atoms with Crippen LogP contribution in [0.4, 0.5) is 11.9 Å². The molecule has 1 aromatic heterocycles. The third-order valence-corrected chi connectivity index (χ3v) is 4.01. The van der Waals surface area contributed by atoms with Crippen molar-refractivity contribution in [1.82, 2.24) is 15.0 Å². The molecule has 128 valence electrons. The fourth-order valence-electron chi connectivity index (χ4n) is 2.26. The average Bonchev–Trinajstić information content (AvgIpc) is 3.35. The Kier molecular flexibility index (Phi) is 4.88. The van der Waals surface area contributed by atoms with Crippen molar-refractivity contribution < 1.29 is 0 Å². The minimum Gasteiger partial charge on any atom is -0.349 e. The van der Waals surface area contributed by atoms with Crippen LogP contribution >= 0.6 is 0 Å². The summed E-state index contributed by atoms with van der Waals surface area (Å²) in [5.74, 6) is 1.70. The number of aliphatic imine (C=N–C) groups is 1. The summed E-state index contributed by atoms with van der Waals surface area (Å²) in [5, 5.41) is 6.61. The fraction of sp³-hybridized carbons (Fsp3) is 0.263. The molecule has 1 saturated carbocycles. The molecule has 1 fully saturated rings. The van der Waals surface area contributed by atoms with E-state index in [0.29, 0.717) is 17.7 Å². The Labute approximate surface area is 147 Å². The predicted molar refractivity (Wildman–Crippen MR) is 103 cm³/mol. The molecule has 1 heterocycles. The zero-order chi connectivity index (χ0) is 17.7. The summed E-state index contributed by atoms with van der Waals surface area (Å²) < 4.78 is 0. The number of aromatic nitrogens is 3. The van der Waals surface area contributed by atoms with Gasteiger partial charge in [0.15, 0.2) is 5.82 Å². The molecule has 0 amide bonds. The van der Waals surface area contributed by atoms with Crippen LogP contribution in [0.1, 0.15) is 26.7 Å². The Hall–Kier alpha value is -3.02. The van der Waals surface area contributed by atoms with Crippen LogP contribution in [0.3, 0.4) is 0 Å². The quantitative estimate of drug-likeness (QED) is 0.590. The first kappa shape index (κ1) is 16.8. The van der Waals surface area contributed by atoms with Gasteiger partial charge in [0.05, 0.1) is 0 Å². The summed E-state index contributed by atoms with van der Waals surface area (Å²) in [5.41, 5.74) is 1.87. The van der Waals surface area contributed by atoms with Gasteiger partial charge in [0, 0.05) is 23.0 Å². The number of nitrogens with zero attached hydrogens (tertiary/aromatic N) is 4. The van der Waals surface area contributed by atoms with Crippen molar-refractivity contribution in [2.24, 2.45) is 4.99 Å². The fourth-order valence-corrected chi connectivity index (χ4v) is 2.26. The highest BCUT2D eigenvalue weighted by Gasteiger charge is 2.38. The van der Waals surface area contributed by atoms with Crippen LogP contribution in [0.5, 0.6) is 0 Å². The molecule has 0 spiro atoms. The van der Waals surface area contributed by atoms with E-state index in [1.807, 2.05) is 49.4 Å². The Bertz CT molecular complexity index is 806. The van der Waals surface area contributed by atoms with Gasteiger partial charge in [-0.2, -0.15) is 15.0 Å². The zero-order valence-corrected chi connectivity index (χ0v) is 14.5. The van der Waals surface area contributed by atoms with Crippen LogP contribution in [-0.2, 0) is 0 Å². The summed E-state index contributed by atoms with van der Waals surface area (Å²) in [7, 11) is 0. The predicted octanol–water partition coefficient (Wildman–Crippen LogP) is 4.03.